The molecule has 1 aliphatic heterocycles. The Kier molecular flexibility index (Phi) is 5.07. The molecule has 2 amide bonds. The normalized spacial score (nSPS) is 22.2. The van der Waals surface area contributed by atoms with E-state index in [0.717, 1.165) is 23.6 Å². The molecule has 2 fully saturated rings. The maximum atomic E-state index is 12.8. The molecule has 8 nitrogen and oxygen atoms in total. The number of sulfonamides is 1. The van der Waals surface area contributed by atoms with Crippen LogP contribution in [0.1, 0.15) is 29.6 Å². The summed E-state index contributed by atoms with van der Waals surface area (Å²) in [7, 11) is -3.84. The number of carbonyl (C=O) groups is 2. The minimum Gasteiger partial charge on any atom is -0.367 e. The number of nitrogens with two attached hydrogens (primary N) is 1. The number of morpholine rings is 1. The van der Waals surface area contributed by atoms with Gasteiger partial charge in [0.05, 0.1) is 11.5 Å². The first kappa shape index (κ1) is 17.8. The van der Waals surface area contributed by atoms with Gasteiger partial charge in [0.2, 0.25) is 15.9 Å². The zero-order valence-corrected chi connectivity index (χ0v) is 14.5. The largest absolute Gasteiger partial charge is 0.367 e. The third-order valence-electron chi connectivity index (χ3n) is 4.52. The third kappa shape index (κ3) is 3.83. The van der Waals surface area contributed by atoms with E-state index in [9.17, 15) is 18.0 Å². The standard InChI is InChI=1S/C16H21N3O5S/c17-15(20)14-10-19(7-8-24-14)25(22,23)13-6-1-3-11(9-13)16(21)18-12-4-2-5-12/h1,3,6,9,12,14H,2,4-5,7-8,10H2,(H2,17,20)(H,18,21). The molecule has 3 N–H and O–H groups in total. The number of nitrogens with one attached hydrogen (secondary N) is 1. The average molecular weight is 367 g/mol. The summed E-state index contributed by atoms with van der Waals surface area (Å²) in [6.07, 6.45) is 2.03. The summed E-state index contributed by atoms with van der Waals surface area (Å²) in [5.41, 5.74) is 5.50. The summed E-state index contributed by atoms with van der Waals surface area (Å²) in [6, 6.07) is 6.08. The number of ether oxygens (including phenoxy) is 1. The molecule has 0 bridgehead atoms. The van der Waals surface area contributed by atoms with Gasteiger partial charge in [0.15, 0.2) is 0 Å². The molecule has 1 saturated heterocycles. The zero-order chi connectivity index (χ0) is 18.0. The Morgan fingerprint density at radius 3 is 2.68 bits per heavy atom. The van der Waals surface area contributed by atoms with Gasteiger partial charge >= 0.3 is 0 Å². The lowest BCUT2D eigenvalue weighted by Gasteiger charge is -2.30. The van der Waals surface area contributed by atoms with Crippen molar-refractivity contribution in [3.63, 3.8) is 0 Å². The van der Waals surface area contributed by atoms with Crippen molar-refractivity contribution in [2.24, 2.45) is 5.73 Å². The Morgan fingerprint density at radius 2 is 2.04 bits per heavy atom. The van der Waals surface area contributed by atoms with Crippen molar-refractivity contribution in [1.29, 1.82) is 0 Å². The van der Waals surface area contributed by atoms with Crippen molar-refractivity contribution in [2.75, 3.05) is 19.7 Å². The minimum atomic E-state index is -3.84. The number of rotatable bonds is 5. The number of nitrogens with zero attached hydrogens (tertiary/aromatic N) is 1. The van der Waals surface area contributed by atoms with Crippen molar-refractivity contribution >= 4 is 21.8 Å². The first-order valence-electron chi connectivity index (χ1n) is 8.20. The smallest absolute Gasteiger partial charge is 0.251 e. The summed E-state index contributed by atoms with van der Waals surface area (Å²) in [4.78, 5) is 23.5. The highest BCUT2D eigenvalue weighted by Gasteiger charge is 2.33. The summed E-state index contributed by atoms with van der Waals surface area (Å²) < 4.78 is 32.0. The highest BCUT2D eigenvalue weighted by atomic mass is 32.2. The first-order chi connectivity index (χ1) is 11.9. The van der Waals surface area contributed by atoms with E-state index in [0.29, 0.717) is 5.56 Å². The number of hydrogen-bond acceptors (Lipinski definition) is 5. The molecule has 1 aromatic carbocycles. The molecule has 1 aromatic rings. The summed E-state index contributed by atoms with van der Waals surface area (Å²) >= 11 is 0. The van der Waals surface area contributed by atoms with E-state index in [1.165, 1.54) is 18.2 Å². The van der Waals surface area contributed by atoms with Crippen molar-refractivity contribution in [1.82, 2.24) is 9.62 Å². The Hall–Kier alpha value is -1.97. The van der Waals surface area contributed by atoms with Gasteiger partial charge in [-0.3, -0.25) is 9.59 Å². The van der Waals surface area contributed by atoms with Crippen LogP contribution in [-0.4, -0.2) is 56.4 Å². The van der Waals surface area contributed by atoms with Gasteiger partial charge in [-0.15, -0.1) is 0 Å². The van der Waals surface area contributed by atoms with Crippen LogP contribution in [0.25, 0.3) is 0 Å². The predicted octanol–water partition coefficient (Wildman–Crippen LogP) is -0.156. The lowest BCUT2D eigenvalue weighted by atomic mass is 9.93. The van der Waals surface area contributed by atoms with Crippen molar-refractivity contribution in [3.8, 4) is 0 Å². The summed E-state index contributed by atoms with van der Waals surface area (Å²) in [5.74, 6) is -0.979. The molecule has 1 aliphatic carbocycles. The van der Waals surface area contributed by atoms with Crippen LogP contribution < -0.4 is 11.1 Å². The minimum absolute atomic E-state index is 0.0129. The third-order valence-corrected chi connectivity index (χ3v) is 6.38. The Balaban J connectivity index is 1.78. The number of benzene rings is 1. The van der Waals surface area contributed by atoms with E-state index in [1.54, 1.807) is 6.07 Å². The molecule has 1 heterocycles. The Morgan fingerprint density at radius 1 is 1.28 bits per heavy atom. The quantitative estimate of drug-likeness (QED) is 0.750. The Labute approximate surface area is 146 Å². The topological polar surface area (TPSA) is 119 Å². The van der Waals surface area contributed by atoms with Gasteiger partial charge in [-0.25, -0.2) is 8.42 Å². The molecule has 1 atom stereocenters. The molecule has 1 saturated carbocycles. The van der Waals surface area contributed by atoms with Crippen LogP contribution in [0.5, 0.6) is 0 Å². The SMILES string of the molecule is NC(=O)C1CN(S(=O)(=O)c2cccc(C(=O)NC3CCC3)c2)CCO1. The van der Waals surface area contributed by atoms with E-state index < -0.39 is 22.0 Å². The highest BCUT2D eigenvalue weighted by molar-refractivity contribution is 7.89. The molecule has 2 aliphatic rings. The van der Waals surface area contributed by atoms with E-state index in [4.69, 9.17) is 10.5 Å². The second-order valence-corrected chi connectivity index (χ2v) is 8.19. The second-order valence-electron chi connectivity index (χ2n) is 6.25. The van der Waals surface area contributed by atoms with Crippen LogP contribution in [0, 0.1) is 0 Å². The van der Waals surface area contributed by atoms with Gasteiger partial charge < -0.3 is 15.8 Å². The van der Waals surface area contributed by atoms with Crippen LogP contribution in [0.4, 0.5) is 0 Å². The highest BCUT2D eigenvalue weighted by Crippen LogP contribution is 2.21. The zero-order valence-electron chi connectivity index (χ0n) is 13.7. The van der Waals surface area contributed by atoms with Gasteiger partial charge in [-0.2, -0.15) is 4.31 Å². The number of primary amides is 1. The number of carbonyl (C=O) groups excluding carboxylic acids is 2. The van der Waals surface area contributed by atoms with Gasteiger partial charge in [0, 0.05) is 24.7 Å². The lowest BCUT2D eigenvalue weighted by Crippen LogP contribution is -2.50. The molecule has 0 radical (unpaired) electrons. The molecule has 9 heteroatoms. The van der Waals surface area contributed by atoms with Crippen molar-refractivity contribution in [2.45, 2.75) is 36.3 Å². The summed E-state index contributed by atoms with van der Waals surface area (Å²) in [6.45, 7) is 0.0927. The summed E-state index contributed by atoms with van der Waals surface area (Å²) in [5, 5.41) is 2.88. The monoisotopic (exact) mass is 367 g/mol. The van der Waals surface area contributed by atoms with Crippen LogP contribution in [-0.2, 0) is 19.6 Å². The predicted molar refractivity (Wildman–Crippen MR) is 89.2 cm³/mol. The molecule has 0 spiro atoms. The molecule has 1 unspecified atom stereocenters. The molecule has 3 rings (SSSR count). The fraction of sp³-hybridized carbons (Fsp3) is 0.500. The molecule has 136 valence electrons. The maximum Gasteiger partial charge on any atom is 0.251 e. The molecular formula is C16H21N3O5S. The van der Waals surface area contributed by atoms with Gasteiger partial charge in [-0.05, 0) is 37.5 Å². The van der Waals surface area contributed by atoms with E-state index in [2.05, 4.69) is 5.32 Å². The van der Waals surface area contributed by atoms with E-state index >= 15 is 0 Å². The van der Waals surface area contributed by atoms with Crippen molar-refractivity contribution < 1.29 is 22.7 Å². The lowest BCUT2D eigenvalue weighted by molar-refractivity contribution is -0.132. The van der Waals surface area contributed by atoms with Crippen LogP contribution >= 0.6 is 0 Å². The van der Waals surface area contributed by atoms with Crippen LogP contribution in [0.15, 0.2) is 29.2 Å². The Bertz CT molecular complexity index is 776. The maximum absolute atomic E-state index is 12.8. The molecule has 25 heavy (non-hydrogen) atoms. The van der Waals surface area contributed by atoms with Gasteiger partial charge in [-0.1, -0.05) is 6.07 Å². The second kappa shape index (κ2) is 7.11. The van der Waals surface area contributed by atoms with E-state index in [1.807, 2.05) is 0 Å². The van der Waals surface area contributed by atoms with Gasteiger partial charge in [0.25, 0.3) is 5.91 Å². The van der Waals surface area contributed by atoms with Crippen molar-refractivity contribution in [3.05, 3.63) is 29.8 Å². The van der Waals surface area contributed by atoms with Crippen LogP contribution in [0.3, 0.4) is 0 Å². The average Bonchev–Trinajstić information content (AvgIpc) is 2.58. The molecule has 0 aromatic heterocycles. The fourth-order valence-corrected chi connectivity index (χ4v) is 4.26. The fourth-order valence-electron chi connectivity index (χ4n) is 2.78. The number of hydrogen-bond donors (Lipinski definition) is 2. The number of amides is 2. The first-order valence-corrected chi connectivity index (χ1v) is 9.64. The molecular weight excluding hydrogens is 346 g/mol. The van der Waals surface area contributed by atoms with Crippen LogP contribution in [0.2, 0.25) is 0 Å². The van der Waals surface area contributed by atoms with Gasteiger partial charge in [0.1, 0.15) is 6.10 Å². The van der Waals surface area contributed by atoms with E-state index in [-0.39, 0.29) is 36.5 Å².